The number of ether oxygens (including phenoxy) is 1. The van der Waals surface area contributed by atoms with Gasteiger partial charge in [0, 0.05) is 0 Å². The van der Waals surface area contributed by atoms with Gasteiger partial charge in [0.15, 0.2) is 0 Å². The summed E-state index contributed by atoms with van der Waals surface area (Å²) >= 11 is 0. The molecule has 24 heavy (non-hydrogen) atoms. The number of hydrogen-bond acceptors (Lipinski definition) is 6. The van der Waals surface area contributed by atoms with Crippen molar-refractivity contribution in [3.05, 3.63) is 64.4 Å². The Morgan fingerprint density at radius 1 is 1.12 bits per heavy atom. The second kappa shape index (κ2) is 6.82. The van der Waals surface area contributed by atoms with E-state index in [1.165, 1.54) is 7.11 Å². The minimum atomic E-state index is -0.301. The van der Waals surface area contributed by atoms with Gasteiger partial charge in [-0.1, -0.05) is 12.1 Å². The number of hydrogen-bond donors (Lipinski definition) is 1. The normalized spacial score (nSPS) is 10.9. The van der Waals surface area contributed by atoms with Crippen LogP contribution in [0.15, 0.2) is 58.4 Å². The van der Waals surface area contributed by atoms with Crippen molar-refractivity contribution in [3.63, 3.8) is 0 Å². The number of para-hydroxylation sites is 1. The third-order valence-corrected chi connectivity index (χ3v) is 3.41. The van der Waals surface area contributed by atoms with Crippen LogP contribution in [0.1, 0.15) is 5.56 Å². The molecule has 0 atom stereocenters. The van der Waals surface area contributed by atoms with Gasteiger partial charge in [0.05, 0.1) is 24.2 Å². The van der Waals surface area contributed by atoms with Crippen LogP contribution in [0, 0.1) is 0 Å². The number of aromatic nitrogens is 2. The van der Waals surface area contributed by atoms with E-state index < -0.39 is 0 Å². The van der Waals surface area contributed by atoms with Crippen LogP contribution in [0.25, 0.3) is 10.9 Å². The second-order valence-corrected chi connectivity index (χ2v) is 4.88. The zero-order valence-corrected chi connectivity index (χ0v) is 13.3. The first-order valence-corrected chi connectivity index (χ1v) is 7.22. The summed E-state index contributed by atoms with van der Waals surface area (Å²) in [6.07, 6.45) is 1.61. The fourth-order valence-electron chi connectivity index (χ4n) is 2.21. The summed E-state index contributed by atoms with van der Waals surface area (Å²) in [7, 11) is 3.01. The molecule has 0 fully saturated rings. The molecular weight excluding hydrogens is 308 g/mol. The summed E-state index contributed by atoms with van der Waals surface area (Å²) in [5.74, 6) is 0.968. The van der Waals surface area contributed by atoms with Crippen LogP contribution >= 0.6 is 0 Å². The Hall–Kier alpha value is -3.35. The number of anilines is 1. The third-order valence-electron chi connectivity index (χ3n) is 3.41. The monoisotopic (exact) mass is 324 g/mol. The molecule has 0 bridgehead atoms. The van der Waals surface area contributed by atoms with Crippen LogP contribution in [0.5, 0.6) is 5.75 Å². The van der Waals surface area contributed by atoms with Gasteiger partial charge in [-0.05, 0) is 42.0 Å². The van der Waals surface area contributed by atoms with E-state index in [-0.39, 0.29) is 11.5 Å². The van der Waals surface area contributed by atoms with Crippen molar-refractivity contribution in [2.75, 3.05) is 19.6 Å². The van der Waals surface area contributed by atoms with E-state index in [9.17, 15) is 4.79 Å². The molecule has 7 heteroatoms. The van der Waals surface area contributed by atoms with E-state index in [4.69, 9.17) is 9.57 Å². The highest BCUT2D eigenvalue weighted by atomic mass is 16.7. The van der Waals surface area contributed by atoms with Gasteiger partial charge < -0.3 is 9.57 Å². The molecule has 7 nitrogen and oxygen atoms in total. The number of fused-ring (bicyclic) bond motifs is 1. The van der Waals surface area contributed by atoms with Crippen molar-refractivity contribution < 1.29 is 9.57 Å². The maximum absolute atomic E-state index is 12.4. The second-order valence-electron chi connectivity index (χ2n) is 4.88. The lowest BCUT2D eigenvalue weighted by Crippen LogP contribution is -2.28. The Kier molecular flexibility index (Phi) is 4.42. The van der Waals surface area contributed by atoms with Gasteiger partial charge in [-0.3, -0.25) is 4.79 Å². The number of nitrogens with zero attached hydrogens (tertiary/aromatic N) is 3. The van der Waals surface area contributed by atoms with Crippen LogP contribution in [0.2, 0.25) is 0 Å². The molecule has 0 saturated carbocycles. The van der Waals surface area contributed by atoms with E-state index in [0.717, 1.165) is 16.0 Å². The van der Waals surface area contributed by atoms with Crippen LogP contribution in [0.4, 0.5) is 5.95 Å². The Morgan fingerprint density at radius 2 is 1.88 bits per heavy atom. The van der Waals surface area contributed by atoms with Crippen molar-refractivity contribution in [3.8, 4) is 5.75 Å². The lowest BCUT2D eigenvalue weighted by atomic mass is 10.2. The van der Waals surface area contributed by atoms with Gasteiger partial charge in [-0.15, -0.1) is 4.73 Å². The minimum Gasteiger partial charge on any atom is -0.497 e. The zero-order valence-electron chi connectivity index (χ0n) is 13.3. The Balaban J connectivity index is 1.88. The topological polar surface area (TPSA) is 77.7 Å². The number of methoxy groups -OCH3 is 1. The van der Waals surface area contributed by atoms with Crippen molar-refractivity contribution in [2.24, 2.45) is 5.10 Å². The van der Waals surface area contributed by atoms with Crippen molar-refractivity contribution in [2.45, 2.75) is 0 Å². The average molecular weight is 324 g/mol. The standard InChI is InChI=1S/C17H16N4O3/c1-23-13-9-7-12(8-10-13)11-18-20-17-19-15-6-4-3-5-14(15)16(22)21(17)24-2/h3-11H,1-2H3,(H,19,20)/b18-11-. The summed E-state index contributed by atoms with van der Waals surface area (Å²) in [6, 6.07) is 14.4. The van der Waals surface area contributed by atoms with E-state index >= 15 is 0 Å². The van der Waals surface area contributed by atoms with Gasteiger partial charge in [-0.25, -0.2) is 10.4 Å². The molecule has 0 aliphatic heterocycles. The van der Waals surface area contributed by atoms with Gasteiger partial charge >= 0.3 is 0 Å². The molecular formula is C17H16N4O3. The molecule has 1 aromatic heterocycles. The summed E-state index contributed by atoms with van der Waals surface area (Å²) < 4.78 is 6.17. The van der Waals surface area contributed by atoms with Crippen molar-refractivity contribution in [1.82, 2.24) is 9.71 Å². The highest BCUT2D eigenvalue weighted by molar-refractivity contribution is 5.81. The molecule has 0 aliphatic carbocycles. The van der Waals surface area contributed by atoms with Gasteiger partial charge in [-0.2, -0.15) is 5.10 Å². The summed E-state index contributed by atoms with van der Waals surface area (Å²) in [5, 5.41) is 4.58. The van der Waals surface area contributed by atoms with Crippen LogP contribution in [-0.4, -0.2) is 30.1 Å². The molecule has 0 spiro atoms. The number of nitrogens with one attached hydrogen (secondary N) is 1. The highest BCUT2D eigenvalue weighted by Crippen LogP contribution is 2.11. The van der Waals surface area contributed by atoms with Gasteiger partial charge in [0.2, 0.25) is 0 Å². The molecule has 0 amide bonds. The summed E-state index contributed by atoms with van der Waals surface area (Å²) in [6.45, 7) is 0. The first kappa shape index (κ1) is 15.5. The molecule has 3 rings (SSSR count). The Morgan fingerprint density at radius 3 is 2.58 bits per heavy atom. The lowest BCUT2D eigenvalue weighted by molar-refractivity contribution is 0.161. The number of rotatable bonds is 5. The number of hydrazone groups is 1. The van der Waals surface area contributed by atoms with E-state index in [0.29, 0.717) is 10.9 Å². The fraction of sp³-hybridized carbons (Fsp3) is 0.118. The maximum Gasteiger partial charge on any atom is 0.295 e. The van der Waals surface area contributed by atoms with Crippen LogP contribution in [0.3, 0.4) is 0 Å². The summed E-state index contributed by atoms with van der Waals surface area (Å²) in [4.78, 5) is 21.8. The van der Waals surface area contributed by atoms with Crippen LogP contribution < -0.4 is 20.6 Å². The van der Waals surface area contributed by atoms with Crippen molar-refractivity contribution >= 4 is 23.1 Å². The first-order valence-electron chi connectivity index (χ1n) is 7.22. The molecule has 1 N–H and O–H groups in total. The maximum atomic E-state index is 12.4. The molecule has 0 unspecified atom stereocenters. The van der Waals surface area contributed by atoms with E-state index in [2.05, 4.69) is 15.5 Å². The summed E-state index contributed by atoms with van der Waals surface area (Å²) in [5.41, 5.74) is 3.88. The first-order chi connectivity index (χ1) is 11.7. The molecule has 0 aliphatic rings. The zero-order chi connectivity index (χ0) is 16.9. The quantitative estimate of drug-likeness (QED) is 0.573. The highest BCUT2D eigenvalue weighted by Gasteiger charge is 2.10. The van der Waals surface area contributed by atoms with Gasteiger partial charge in [0.1, 0.15) is 12.9 Å². The van der Waals surface area contributed by atoms with Crippen molar-refractivity contribution in [1.29, 1.82) is 0 Å². The third kappa shape index (κ3) is 3.05. The number of benzene rings is 2. The lowest BCUT2D eigenvalue weighted by Gasteiger charge is -2.10. The minimum absolute atomic E-state index is 0.200. The molecule has 0 saturated heterocycles. The molecule has 0 radical (unpaired) electrons. The van der Waals surface area contributed by atoms with E-state index in [1.54, 1.807) is 31.5 Å². The molecule has 3 aromatic rings. The predicted molar refractivity (Wildman–Crippen MR) is 92.7 cm³/mol. The molecule has 1 heterocycles. The molecule has 122 valence electrons. The molecule has 2 aromatic carbocycles. The average Bonchev–Trinajstić information content (AvgIpc) is 2.63. The van der Waals surface area contributed by atoms with Crippen LogP contribution in [-0.2, 0) is 0 Å². The largest absolute Gasteiger partial charge is 0.497 e. The Bertz CT molecular complexity index is 933. The SMILES string of the molecule is COc1ccc(/C=N\Nc2nc3ccccc3c(=O)n2OC)cc1. The predicted octanol–water partition coefficient (Wildman–Crippen LogP) is 1.91. The van der Waals surface area contributed by atoms with E-state index in [1.807, 2.05) is 30.3 Å². The smallest absolute Gasteiger partial charge is 0.295 e. The Labute approximate surface area is 138 Å². The van der Waals surface area contributed by atoms with Gasteiger partial charge in [0.25, 0.3) is 11.5 Å². The fourth-order valence-corrected chi connectivity index (χ4v) is 2.21.